The maximum atomic E-state index is 13.2. The molecule has 0 aliphatic carbocycles. The van der Waals surface area contributed by atoms with Gasteiger partial charge in [0.25, 0.3) is 10.0 Å². The van der Waals surface area contributed by atoms with E-state index in [1.54, 1.807) is 60.9 Å². The Balaban J connectivity index is 1.35. The van der Waals surface area contributed by atoms with Gasteiger partial charge in [0.1, 0.15) is 5.82 Å². The summed E-state index contributed by atoms with van der Waals surface area (Å²) in [5.41, 5.74) is 3.25. The Kier molecular flexibility index (Phi) is 7.37. The molecule has 3 N–H and O–H groups in total. The lowest BCUT2D eigenvalue weighted by molar-refractivity contribution is 0.252. The molecule has 1 aromatic heterocycles. The van der Waals surface area contributed by atoms with Gasteiger partial charge in [-0.25, -0.2) is 17.6 Å². The van der Waals surface area contributed by atoms with Crippen molar-refractivity contribution < 1.29 is 17.6 Å². The predicted octanol–water partition coefficient (Wildman–Crippen LogP) is 5.05. The number of halogens is 1. The topological polar surface area (TPSA) is 100 Å². The minimum atomic E-state index is -3.86. The number of carbonyl (C=O) groups excluding carboxylic acids is 1. The number of amides is 2. The molecule has 4 aromatic rings. The second kappa shape index (κ2) is 10.8. The number of hydrogen-bond donors (Lipinski definition) is 3. The molecule has 0 fully saturated rings. The molecule has 0 atom stereocenters. The smallest absolute Gasteiger partial charge is 0.319 e. The number of hydrogen-bond acceptors (Lipinski definition) is 4. The van der Waals surface area contributed by atoms with E-state index >= 15 is 0 Å². The van der Waals surface area contributed by atoms with Crippen LogP contribution >= 0.6 is 0 Å². The first-order valence-corrected chi connectivity index (χ1v) is 12.3. The summed E-state index contributed by atoms with van der Waals surface area (Å²) in [5.74, 6) is -0.362. The second-order valence-corrected chi connectivity index (χ2v) is 9.39. The molecule has 0 radical (unpaired) electrons. The van der Waals surface area contributed by atoms with Crippen LogP contribution in [0, 0.1) is 5.82 Å². The van der Waals surface area contributed by atoms with Crippen LogP contribution in [0.4, 0.5) is 20.6 Å². The third kappa shape index (κ3) is 6.64. The van der Waals surface area contributed by atoms with Crippen molar-refractivity contribution in [2.24, 2.45) is 0 Å². The fraction of sp³-hybridized carbons (Fsp3) is 0.0769. The molecule has 0 aliphatic rings. The molecule has 0 saturated heterocycles. The number of pyridine rings is 1. The Hall–Kier alpha value is -4.24. The van der Waals surface area contributed by atoms with Crippen LogP contribution in [0.1, 0.15) is 5.56 Å². The van der Waals surface area contributed by atoms with E-state index in [0.29, 0.717) is 35.5 Å². The lowest BCUT2D eigenvalue weighted by atomic mass is 10.1. The van der Waals surface area contributed by atoms with Crippen LogP contribution < -0.4 is 15.4 Å². The fourth-order valence-corrected chi connectivity index (χ4v) is 4.47. The molecule has 4 rings (SSSR count). The number of nitrogens with one attached hydrogen (secondary N) is 3. The highest BCUT2D eigenvalue weighted by Crippen LogP contribution is 2.24. The highest BCUT2D eigenvalue weighted by Gasteiger charge is 2.15. The van der Waals surface area contributed by atoms with Crippen molar-refractivity contribution in [2.45, 2.75) is 11.3 Å². The zero-order chi connectivity index (χ0) is 24.7. The quantitative estimate of drug-likeness (QED) is 0.322. The predicted molar refractivity (Wildman–Crippen MR) is 134 cm³/mol. The number of aromatic nitrogens is 1. The van der Waals surface area contributed by atoms with Crippen molar-refractivity contribution in [3.63, 3.8) is 0 Å². The standard InChI is InChI=1S/C26H23FN4O3S/c27-22-8-6-20(7-9-22)21-4-1-5-25(17-21)35(33,34)31-24-12-10-23(11-13-24)30-26(32)29-16-14-19-3-2-15-28-18-19/h1-13,15,17-18,31H,14,16H2,(H2,29,30,32). The number of rotatable bonds is 8. The molecule has 35 heavy (non-hydrogen) atoms. The van der Waals surface area contributed by atoms with E-state index < -0.39 is 10.0 Å². The number of urea groups is 1. The molecule has 9 heteroatoms. The lowest BCUT2D eigenvalue weighted by Crippen LogP contribution is -2.30. The highest BCUT2D eigenvalue weighted by molar-refractivity contribution is 7.92. The molecule has 2 amide bonds. The molecule has 1 heterocycles. The van der Waals surface area contributed by atoms with Gasteiger partial charge in [0, 0.05) is 30.3 Å². The molecule has 0 aliphatic heterocycles. The van der Waals surface area contributed by atoms with E-state index in [2.05, 4.69) is 20.3 Å². The van der Waals surface area contributed by atoms with Crippen LogP contribution in [-0.4, -0.2) is 26.0 Å². The summed E-state index contributed by atoms with van der Waals surface area (Å²) in [7, 11) is -3.86. The average molecular weight is 491 g/mol. The summed E-state index contributed by atoms with van der Waals surface area (Å²) < 4.78 is 41.5. The molecule has 3 aromatic carbocycles. The zero-order valence-corrected chi connectivity index (χ0v) is 19.4. The van der Waals surface area contributed by atoms with Crippen molar-refractivity contribution in [1.29, 1.82) is 0 Å². The van der Waals surface area contributed by atoms with Gasteiger partial charge in [-0.15, -0.1) is 0 Å². The minimum absolute atomic E-state index is 0.0783. The Morgan fingerprint density at radius 2 is 1.60 bits per heavy atom. The van der Waals surface area contributed by atoms with Gasteiger partial charge in [0.05, 0.1) is 4.90 Å². The molecule has 0 spiro atoms. The number of anilines is 2. The van der Waals surface area contributed by atoms with Gasteiger partial charge in [-0.3, -0.25) is 9.71 Å². The maximum absolute atomic E-state index is 13.2. The summed E-state index contributed by atoms with van der Waals surface area (Å²) in [6.07, 6.45) is 4.10. The van der Waals surface area contributed by atoms with Gasteiger partial charge in [-0.05, 0) is 77.7 Å². The fourth-order valence-electron chi connectivity index (χ4n) is 3.36. The number of benzene rings is 3. The molecular formula is C26H23FN4O3S. The lowest BCUT2D eigenvalue weighted by Gasteiger charge is -2.11. The number of carbonyl (C=O) groups is 1. The minimum Gasteiger partial charge on any atom is -0.338 e. The van der Waals surface area contributed by atoms with Crippen LogP contribution in [0.15, 0.2) is 102 Å². The van der Waals surface area contributed by atoms with Crippen molar-refractivity contribution in [2.75, 3.05) is 16.6 Å². The first kappa shape index (κ1) is 23.9. The number of nitrogens with zero attached hydrogens (tertiary/aromatic N) is 1. The number of sulfonamides is 1. The Labute approximate surface area is 203 Å². The average Bonchev–Trinajstić information content (AvgIpc) is 2.86. The highest BCUT2D eigenvalue weighted by atomic mass is 32.2. The van der Waals surface area contributed by atoms with E-state index in [1.165, 1.54) is 24.3 Å². The van der Waals surface area contributed by atoms with Crippen LogP contribution in [0.5, 0.6) is 0 Å². The van der Waals surface area contributed by atoms with Crippen molar-refractivity contribution >= 4 is 27.4 Å². The monoisotopic (exact) mass is 490 g/mol. The van der Waals surface area contributed by atoms with Gasteiger partial charge < -0.3 is 10.6 Å². The molecule has 7 nitrogen and oxygen atoms in total. The van der Waals surface area contributed by atoms with Crippen molar-refractivity contribution in [3.05, 3.63) is 109 Å². The molecule has 178 valence electrons. The maximum Gasteiger partial charge on any atom is 0.319 e. The Bertz CT molecular complexity index is 1390. The first-order valence-electron chi connectivity index (χ1n) is 10.8. The van der Waals surface area contributed by atoms with Crippen LogP contribution in [0.25, 0.3) is 11.1 Å². The van der Waals surface area contributed by atoms with Crippen LogP contribution in [0.3, 0.4) is 0 Å². The van der Waals surface area contributed by atoms with Gasteiger partial charge in [0.2, 0.25) is 0 Å². The summed E-state index contributed by atoms with van der Waals surface area (Å²) >= 11 is 0. The SMILES string of the molecule is O=C(NCCc1cccnc1)Nc1ccc(NS(=O)(=O)c2cccc(-c3ccc(F)cc3)c2)cc1. The second-order valence-electron chi connectivity index (χ2n) is 7.71. The first-order chi connectivity index (χ1) is 16.9. The van der Waals surface area contributed by atoms with Gasteiger partial charge in [-0.2, -0.15) is 0 Å². The third-order valence-electron chi connectivity index (χ3n) is 5.14. The largest absolute Gasteiger partial charge is 0.338 e. The van der Waals surface area contributed by atoms with E-state index in [1.807, 2.05) is 12.1 Å². The van der Waals surface area contributed by atoms with Crippen molar-refractivity contribution in [3.8, 4) is 11.1 Å². The normalized spacial score (nSPS) is 11.0. The van der Waals surface area contributed by atoms with Crippen LogP contribution in [-0.2, 0) is 16.4 Å². The zero-order valence-electron chi connectivity index (χ0n) is 18.6. The summed E-state index contributed by atoms with van der Waals surface area (Å²) in [6.45, 7) is 0.451. The van der Waals surface area contributed by atoms with E-state index in [-0.39, 0.29) is 16.7 Å². The van der Waals surface area contributed by atoms with Gasteiger partial charge in [0.15, 0.2) is 0 Å². The van der Waals surface area contributed by atoms with Crippen molar-refractivity contribution in [1.82, 2.24) is 10.3 Å². The van der Waals surface area contributed by atoms with E-state index in [9.17, 15) is 17.6 Å². The Morgan fingerprint density at radius 3 is 2.31 bits per heavy atom. The Morgan fingerprint density at radius 1 is 0.857 bits per heavy atom. The van der Waals surface area contributed by atoms with E-state index in [4.69, 9.17) is 0 Å². The van der Waals surface area contributed by atoms with Crippen LogP contribution in [0.2, 0.25) is 0 Å². The van der Waals surface area contributed by atoms with Gasteiger partial charge in [-0.1, -0.05) is 30.3 Å². The van der Waals surface area contributed by atoms with Gasteiger partial charge >= 0.3 is 6.03 Å². The molecular weight excluding hydrogens is 467 g/mol. The molecule has 0 saturated carbocycles. The third-order valence-corrected chi connectivity index (χ3v) is 6.52. The summed E-state index contributed by atoms with van der Waals surface area (Å²) in [4.78, 5) is 16.2. The molecule has 0 unspecified atom stereocenters. The van der Waals surface area contributed by atoms with E-state index in [0.717, 1.165) is 5.56 Å². The summed E-state index contributed by atoms with van der Waals surface area (Å²) in [6, 6.07) is 22.0. The molecule has 0 bridgehead atoms. The summed E-state index contributed by atoms with van der Waals surface area (Å²) in [5, 5.41) is 5.48.